The van der Waals surface area contributed by atoms with E-state index in [0.717, 1.165) is 27.6 Å². The number of aryl methyl sites for hydroxylation is 1. The molecule has 0 aliphatic carbocycles. The number of amides is 1. The summed E-state index contributed by atoms with van der Waals surface area (Å²) >= 11 is 1.57. The SMILES string of the molecule is Cc1nc(/C=C\C(=O)N(C)Cc2nc3ccccc3[nH]2)cs1. The summed E-state index contributed by atoms with van der Waals surface area (Å²) in [5.41, 5.74) is 2.70. The molecule has 3 aromatic rings. The van der Waals surface area contributed by atoms with Crippen LogP contribution < -0.4 is 0 Å². The molecule has 0 aliphatic heterocycles. The number of para-hydroxylation sites is 2. The van der Waals surface area contributed by atoms with Gasteiger partial charge in [-0.1, -0.05) is 12.1 Å². The Morgan fingerprint density at radius 1 is 1.36 bits per heavy atom. The van der Waals surface area contributed by atoms with Crippen LogP contribution in [-0.2, 0) is 11.3 Å². The summed E-state index contributed by atoms with van der Waals surface area (Å²) in [6.45, 7) is 2.38. The quantitative estimate of drug-likeness (QED) is 0.753. The van der Waals surface area contributed by atoms with Crippen LogP contribution in [0.3, 0.4) is 0 Å². The number of likely N-dealkylation sites (N-methyl/N-ethyl adjacent to an activating group) is 1. The van der Waals surface area contributed by atoms with E-state index in [9.17, 15) is 4.79 Å². The highest BCUT2D eigenvalue weighted by Gasteiger charge is 2.09. The highest BCUT2D eigenvalue weighted by molar-refractivity contribution is 7.09. The van der Waals surface area contributed by atoms with Crippen LogP contribution in [0.5, 0.6) is 0 Å². The second-order valence-corrected chi connectivity index (χ2v) is 6.08. The molecule has 0 spiro atoms. The molecule has 0 aliphatic rings. The van der Waals surface area contributed by atoms with Crippen molar-refractivity contribution in [3.63, 3.8) is 0 Å². The fourth-order valence-corrected chi connectivity index (χ4v) is 2.70. The molecule has 6 heteroatoms. The smallest absolute Gasteiger partial charge is 0.246 e. The lowest BCUT2D eigenvalue weighted by Crippen LogP contribution is -2.24. The van der Waals surface area contributed by atoms with Gasteiger partial charge in [-0.25, -0.2) is 9.97 Å². The summed E-state index contributed by atoms with van der Waals surface area (Å²) in [7, 11) is 1.76. The van der Waals surface area contributed by atoms with E-state index < -0.39 is 0 Å². The van der Waals surface area contributed by atoms with Gasteiger partial charge in [-0.2, -0.15) is 0 Å². The van der Waals surface area contributed by atoms with E-state index in [-0.39, 0.29) is 5.91 Å². The van der Waals surface area contributed by atoms with Gasteiger partial charge in [0.05, 0.1) is 28.3 Å². The Hall–Kier alpha value is -2.47. The first-order valence-corrected chi connectivity index (χ1v) is 7.79. The first-order chi connectivity index (χ1) is 10.6. The molecule has 0 fully saturated rings. The number of hydrogen-bond donors (Lipinski definition) is 1. The number of carbonyl (C=O) groups excluding carboxylic acids is 1. The van der Waals surface area contributed by atoms with Crippen molar-refractivity contribution in [2.45, 2.75) is 13.5 Å². The largest absolute Gasteiger partial charge is 0.340 e. The predicted octanol–water partition coefficient (Wildman–Crippen LogP) is 3.00. The summed E-state index contributed by atoms with van der Waals surface area (Å²) in [6.07, 6.45) is 3.28. The molecule has 1 aromatic carbocycles. The number of carbonyl (C=O) groups is 1. The van der Waals surface area contributed by atoms with Crippen LogP contribution in [0.1, 0.15) is 16.5 Å². The Morgan fingerprint density at radius 2 is 2.18 bits per heavy atom. The third-order valence-corrected chi connectivity index (χ3v) is 4.03. The Kier molecular flexibility index (Phi) is 4.02. The Bertz CT molecular complexity index is 800. The van der Waals surface area contributed by atoms with Crippen LogP contribution in [0.15, 0.2) is 35.7 Å². The van der Waals surface area contributed by atoms with Crippen LogP contribution in [0.4, 0.5) is 0 Å². The summed E-state index contributed by atoms with van der Waals surface area (Å²) in [5, 5.41) is 2.92. The number of imidazole rings is 1. The first-order valence-electron chi connectivity index (χ1n) is 6.91. The van der Waals surface area contributed by atoms with Crippen molar-refractivity contribution in [3.05, 3.63) is 52.2 Å². The summed E-state index contributed by atoms with van der Waals surface area (Å²) in [6, 6.07) is 7.82. The minimum Gasteiger partial charge on any atom is -0.340 e. The van der Waals surface area contributed by atoms with E-state index in [1.165, 1.54) is 6.08 Å². The fourth-order valence-electron chi connectivity index (χ4n) is 2.12. The number of rotatable bonds is 4. The van der Waals surface area contributed by atoms with E-state index in [1.807, 2.05) is 36.6 Å². The van der Waals surface area contributed by atoms with Gasteiger partial charge in [0.1, 0.15) is 5.82 Å². The summed E-state index contributed by atoms with van der Waals surface area (Å²) < 4.78 is 0. The standard InChI is InChI=1S/C16H16N4OS/c1-11-17-12(10-22-11)7-8-16(21)20(2)9-15-18-13-5-3-4-6-14(13)19-15/h3-8,10H,9H2,1-2H3,(H,18,19)/b8-7-. The molecule has 2 heterocycles. The van der Waals surface area contributed by atoms with Gasteiger partial charge in [0.15, 0.2) is 0 Å². The van der Waals surface area contributed by atoms with E-state index in [2.05, 4.69) is 15.0 Å². The van der Waals surface area contributed by atoms with Gasteiger partial charge in [0.2, 0.25) is 5.91 Å². The average molecular weight is 312 g/mol. The monoisotopic (exact) mass is 312 g/mol. The molecule has 0 saturated carbocycles. The lowest BCUT2D eigenvalue weighted by molar-refractivity contribution is -0.125. The molecule has 112 valence electrons. The van der Waals surface area contributed by atoms with E-state index in [4.69, 9.17) is 0 Å². The van der Waals surface area contributed by atoms with Crippen molar-refractivity contribution in [2.75, 3.05) is 7.05 Å². The summed E-state index contributed by atoms with van der Waals surface area (Å²) in [5.74, 6) is 0.695. The molecule has 5 nitrogen and oxygen atoms in total. The molecule has 0 bridgehead atoms. The third kappa shape index (κ3) is 3.23. The molecule has 0 atom stereocenters. The normalized spacial score (nSPS) is 11.4. The Balaban J connectivity index is 1.66. The van der Waals surface area contributed by atoms with Gasteiger partial charge in [0, 0.05) is 18.5 Å². The van der Waals surface area contributed by atoms with Gasteiger partial charge in [-0.15, -0.1) is 11.3 Å². The molecular weight excluding hydrogens is 296 g/mol. The van der Waals surface area contributed by atoms with Crippen LogP contribution in [0, 0.1) is 6.92 Å². The highest BCUT2D eigenvalue weighted by Crippen LogP contribution is 2.12. The van der Waals surface area contributed by atoms with Gasteiger partial charge in [-0.05, 0) is 25.1 Å². The molecule has 2 aromatic heterocycles. The topological polar surface area (TPSA) is 61.9 Å². The van der Waals surface area contributed by atoms with E-state index in [1.54, 1.807) is 29.4 Å². The van der Waals surface area contributed by atoms with Crippen molar-refractivity contribution in [1.29, 1.82) is 0 Å². The minimum atomic E-state index is -0.0777. The Morgan fingerprint density at radius 3 is 2.91 bits per heavy atom. The average Bonchev–Trinajstić information content (AvgIpc) is 3.09. The molecule has 1 amide bonds. The zero-order valence-corrected chi connectivity index (χ0v) is 13.2. The van der Waals surface area contributed by atoms with Crippen LogP contribution >= 0.6 is 11.3 Å². The van der Waals surface area contributed by atoms with Crippen LogP contribution in [0.25, 0.3) is 17.1 Å². The number of H-pyrrole nitrogens is 1. The van der Waals surface area contributed by atoms with Crippen molar-refractivity contribution >= 4 is 34.4 Å². The van der Waals surface area contributed by atoms with Crippen molar-refractivity contribution in [1.82, 2.24) is 19.9 Å². The van der Waals surface area contributed by atoms with Gasteiger partial charge < -0.3 is 9.88 Å². The van der Waals surface area contributed by atoms with Gasteiger partial charge in [-0.3, -0.25) is 4.79 Å². The van der Waals surface area contributed by atoms with Crippen molar-refractivity contribution in [3.8, 4) is 0 Å². The molecule has 0 unspecified atom stereocenters. The molecule has 22 heavy (non-hydrogen) atoms. The third-order valence-electron chi connectivity index (χ3n) is 3.24. The molecular formula is C16H16N4OS. The maximum absolute atomic E-state index is 12.1. The lowest BCUT2D eigenvalue weighted by Gasteiger charge is -2.12. The summed E-state index contributed by atoms with van der Waals surface area (Å²) in [4.78, 5) is 25.7. The van der Waals surface area contributed by atoms with E-state index >= 15 is 0 Å². The number of hydrogen-bond acceptors (Lipinski definition) is 4. The second kappa shape index (κ2) is 6.11. The fraction of sp³-hybridized carbons (Fsp3) is 0.188. The maximum Gasteiger partial charge on any atom is 0.246 e. The Labute approximate surface area is 132 Å². The van der Waals surface area contributed by atoms with Gasteiger partial charge >= 0.3 is 0 Å². The zero-order chi connectivity index (χ0) is 15.5. The zero-order valence-electron chi connectivity index (χ0n) is 12.4. The number of nitrogens with zero attached hydrogens (tertiary/aromatic N) is 3. The molecule has 0 saturated heterocycles. The maximum atomic E-state index is 12.1. The predicted molar refractivity (Wildman–Crippen MR) is 88.5 cm³/mol. The highest BCUT2D eigenvalue weighted by atomic mass is 32.1. The lowest BCUT2D eigenvalue weighted by atomic mass is 10.3. The molecule has 1 N–H and O–H groups in total. The van der Waals surface area contributed by atoms with Crippen LogP contribution in [-0.4, -0.2) is 32.8 Å². The minimum absolute atomic E-state index is 0.0777. The number of fused-ring (bicyclic) bond motifs is 1. The van der Waals surface area contributed by atoms with E-state index in [0.29, 0.717) is 6.54 Å². The number of aromatic nitrogens is 3. The molecule has 3 rings (SSSR count). The second-order valence-electron chi connectivity index (χ2n) is 5.02. The van der Waals surface area contributed by atoms with Gasteiger partial charge in [0.25, 0.3) is 0 Å². The first kappa shape index (κ1) is 14.5. The number of benzene rings is 1. The number of nitrogens with one attached hydrogen (secondary N) is 1. The van der Waals surface area contributed by atoms with Crippen molar-refractivity contribution in [2.24, 2.45) is 0 Å². The number of thiazole rings is 1. The number of aromatic amines is 1. The van der Waals surface area contributed by atoms with Crippen LogP contribution in [0.2, 0.25) is 0 Å². The molecule has 0 radical (unpaired) electrons. The van der Waals surface area contributed by atoms with Crippen molar-refractivity contribution < 1.29 is 4.79 Å².